The van der Waals surface area contributed by atoms with Crippen molar-refractivity contribution < 1.29 is 18.7 Å². The summed E-state index contributed by atoms with van der Waals surface area (Å²) in [6.45, 7) is 0.289. The van der Waals surface area contributed by atoms with Crippen molar-refractivity contribution in [2.75, 3.05) is 6.54 Å². The Morgan fingerprint density at radius 1 is 1.03 bits per heavy atom. The number of primary amides is 1. The summed E-state index contributed by atoms with van der Waals surface area (Å²) in [6, 6.07) is 21.6. The van der Waals surface area contributed by atoms with Gasteiger partial charge in [0.15, 0.2) is 0 Å². The third kappa shape index (κ3) is 6.41. The number of nitrogens with one attached hydrogen (secondary N) is 1. The first-order valence-electron chi connectivity index (χ1n) is 9.98. The molecule has 0 aliphatic rings. The maximum atomic E-state index is 13.1. The molecule has 162 valence electrons. The van der Waals surface area contributed by atoms with E-state index in [0.29, 0.717) is 23.3 Å². The molecule has 3 rings (SSSR count). The number of rotatable bonds is 9. The summed E-state index contributed by atoms with van der Waals surface area (Å²) in [5, 5.41) is 11.7. The summed E-state index contributed by atoms with van der Waals surface area (Å²) in [6.07, 6.45) is 0.297. The molecule has 1 atom stereocenters. The molecule has 0 aromatic heterocycles. The second-order valence-corrected chi connectivity index (χ2v) is 7.27. The van der Waals surface area contributed by atoms with Crippen LogP contribution in [0, 0.1) is 23.1 Å². The van der Waals surface area contributed by atoms with Crippen LogP contribution in [0.25, 0.3) is 0 Å². The lowest BCUT2D eigenvalue weighted by Crippen LogP contribution is -2.37. The van der Waals surface area contributed by atoms with Gasteiger partial charge in [-0.05, 0) is 60.0 Å². The number of halogens is 1. The van der Waals surface area contributed by atoms with Gasteiger partial charge in [-0.3, -0.25) is 9.59 Å². The van der Waals surface area contributed by atoms with Crippen LogP contribution >= 0.6 is 0 Å². The summed E-state index contributed by atoms with van der Waals surface area (Å²) >= 11 is 0. The van der Waals surface area contributed by atoms with E-state index in [1.54, 1.807) is 54.6 Å². The van der Waals surface area contributed by atoms with E-state index >= 15 is 0 Å². The van der Waals surface area contributed by atoms with Crippen molar-refractivity contribution in [2.45, 2.75) is 13.0 Å². The zero-order valence-corrected chi connectivity index (χ0v) is 17.3. The highest BCUT2D eigenvalue weighted by molar-refractivity contribution is 5.94. The molecule has 0 spiro atoms. The normalized spacial score (nSPS) is 11.2. The number of hydrogen-bond donors (Lipinski definition) is 2. The standard InChI is InChI=1S/C25H22FN3O3/c26-22-9-7-17(8-10-22)11-21(24(28)30)15-29-25(31)20-5-1-4-19(12-20)16-32-23-6-2-3-18(13-23)14-27/h1-10,12-13,21H,11,15-16H2,(H2,28,30)(H,29,31). The van der Waals surface area contributed by atoms with Gasteiger partial charge in [0.2, 0.25) is 5.91 Å². The Labute approximate surface area is 185 Å². The quantitative estimate of drug-likeness (QED) is 0.542. The molecule has 0 aliphatic heterocycles. The first-order chi connectivity index (χ1) is 15.4. The molecule has 7 heteroatoms. The van der Waals surface area contributed by atoms with E-state index in [0.717, 1.165) is 11.1 Å². The predicted molar refractivity (Wildman–Crippen MR) is 117 cm³/mol. The molecule has 0 saturated heterocycles. The lowest BCUT2D eigenvalue weighted by molar-refractivity contribution is -0.121. The first-order valence-corrected chi connectivity index (χ1v) is 9.98. The van der Waals surface area contributed by atoms with Crippen molar-refractivity contribution >= 4 is 11.8 Å². The van der Waals surface area contributed by atoms with Gasteiger partial charge in [0.1, 0.15) is 18.2 Å². The van der Waals surface area contributed by atoms with Gasteiger partial charge in [0.05, 0.1) is 17.6 Å². The maximum Gasteiger partial charge on any atom is 0.251 e. The number of benzene rings is 3. The summed E-state index contributed by atoms with van der Waals surface area (Å²) in [7, 11) is 0. The highest BCUT2D eigenvalue weighted by atomic mass is 19.1. The summed E-state index contributed by atoms with van der Waals surface area (Å²) in [5.41, 5.74) is 7.93. The Morgan fingerprint density at radius 2 is 1.78 bits per heavy atom. The summed E-state index contributed by atoms with van der Waals surface area (Å²) in [5.74, 6) is -1.31. The summed E-state index contributed by atoms with van der Waals surface area (Å²) < 4.78 is 18.8. The molecule has 0 fully saturated rings. The Bertz CT molecular complexity index is 1140. The number of hydrogen-bond acceptors (Lipinski definition) is 4. The lowest BCUT2D eigenvalue weighted by atomic mass is 9.98. The molecule has 3 N–H and O–H groups in total. The number of amides is 2. The van der Waals surface area contributed by atoms with Crippen molar-refractivity contribution in [3.05, 3.63) is 101 Å². The molecule has 0 heterocycles. The fraction of sp³-hybridized carbons (Fsp3) is 0.160. The Kier molecular flexibility index (Phi) is 7.55. The predicted octanol–water partition coefficient (Wildman–Crippen LogP) is 3.35. The molecule has 1 unspecified atom stereocenters. The van der Waals surface area contributed by atoms with Crippen LogP contribution in [0.2, 0.25) is 0 Å². The van der Waals surface area contributed by atoms with Crippen LogP contribution in [-0.2, 0) is 17.8 Å². The Morgan fingerprint density at radius 3 is 2.50 bits per heavy atom. The monoisotopic (exact) mass is 431 g/mol. The van der Waals surface area contributed by atoms with Crippen molar-refractivity contribution in [1.82, 2.24) is 5.32 Å². The average molecular weight is 431 g/mol. The number of ether oxygens (including phenoxy) is 1. The van der Waals surface area contributed by atoms with E-state index < -0.39 is 11.8 Å². The lowest BCUT2D eigenvalue weighted by Gasteiger charge is -2.15. The van der Waals surface area contributed by atoms with Crippen LogP contribution in [-0.4, -0.2) is 18.4 Å². The molecule has 2 amide bonds. The highest BCUT2D eigenvalue weighted by Crippen LogP contribution is 2.16. The van der Waals surface area contributed by atoms with Gasteiger partial charge in [-0.15, -0.1) is 0 Å². The van der Waals surface area contributed by atoms with Crippen LogP contribution in [0.5, 0.6) is 5.75 Å². The number of nitrogens with zero attached hydrogens (tertiary/aromatic N) is 1. The van der Waals surface area contributed by atoms with Gasteiger partial charge in [0, 0.05) is 12.1 Å². The number of nitriles is 1. The number of carbonyl (C=O) groups is 2. The molecule has 0 aliphatic carbocycles. The van der Waals surface area contributed by atoms with Gasteiger partial charge >= 0.3 is 0 Å². The zero-order valence-electron chi connectivity index (χ0n) is 17.3. The van der Waals surface area contributed by atoms with Crippen molar-refractivity contribution in [2.24, 2.45) is 11.7 Å². The van der Waals surface area contributed by atoms with E-state index in [1.807, 2.05) is 6.07 Å². The molecule has 3 aromatic carbocycles. The molecule has 0 bridgehead atoms. The largest absolute Gasteiger partial charge is 0.489 e. The van der Waals surface area contributed by atoms with Gasteiger partial charge in [-0.1, -0.05) is 30.3 Å². The highest BCUT2D eigenvalue weighted by Gasteiger charge is 2.18. The Balaban J connectivity index is 1.58. The molecular weight excluding hydrogens is 409 g/mol. The molecule has 0 radical (unpaired) electrons. The fourth-order valence-corrected chi connectivity index (χ4v) is 3.12. The average Bonchev–Trinajstić information content (AvgIpc) is 2.81. The molecular formula is C25H22FN3O3. The van der Waals surface area contributed by atoms with E-state index in [4.69, 9.17) is 15.7 Å². The fourth-order valence-electron chi connectivity index (χ4n) is 3.12. The van der Waals surface area contributed by atoms with E-state index in [1.165, 1.54) is 12.1 Å². The minimum absolute atomic E-state index is 0.0627. The topological polar surface area (TPSA) is 105 Å². The minimum Gasteiger partial charge on any atom is -0.489 e. The van der Waals surface area contributed by atoms with Crippen LogP contribution < -0.4 is 15.8 Å². The first kappa shape index (κ1) is 22.5. The van der Waals surface area contributed by atoms with Crippen molar-refractivity contribution in [1.29, 1.82) is 5.26 Å². The molecule has 32 heavy (non-hydrogen) atoms. The van der Waals surface area contributed by atoms with Gasteiger partial charge in [-0.25, -0.2) is 4.39 Å². The van der Waals surface area contributed by atoms with Crippen molar-refractivity contribution in [3.63, 3.8) is 0 Å². The van der Waals surface area contributed by atoms with Gasteiger partial charge in [0.25, 0.3) is 5.91 Å². The molecule has 3 aromatic rings. The zero-order chi connectivity index (χ0) is 22.9. The van der Waals surface area contributed by atoms with Crippen LogP contribution in [0.1, 0.15) is 27.0 Å². The van der Waals surface area contributed by atoms with E-state index in [9.17, 15) is 14.0 Å². The maximum absolute atomic E-state index is 13.1. The second-order valence-electron chi connectivity index (χ2n) is 7.27. The number of nitrogens with two attached hydrogens (primary N) is 1. The Hall–Kier alpha value is -4.18. The molecule has 0 saturated carbocycles. The minimum atomic E-state index is -0.622. The molecule has 6 nitrogen and oxygen atoms in total. The summed E-state index contributed by atoms with van der Waals surface area (Å²) in [4.78, 5) is 24.4. The third-order valence-electron chi connectivity index (χ3n) is 4.86. The SMILES string of the molecule is N#Cc1cccc(OCc2cccc(C(=O)NCC(Cc3ccc(F)cc3)C(N)=O)c2)c1. The van der Waals surface area contributed by atoms with E-state index in [-0.39, 0.29) is 24.9 Å². The van der Waals surface area contributed by atoms with Gasteiger partial charge < -0.3 is 15.8 Å². The number of carbonyl (C=O) groups excluding carboxylic acids is 2. The second kappa shape index (κ2) is 10.7. The van der Waals surface area contributed by atoms with Crippen LogP contribution in [0.15, 0.2) is 72.8 Å². The van der Waals surface area contributed by atoms with E-state index in [2.05, 4.69) is 11.4 Å². The van der Waals surface area contributed by atoms with Crippen molar-refractivity contribution in [3.8, 4) is 11.8 Å². The van der Waals surface area contributed by atoms with Gasteiger partial charge in [-0.2, -0.15) is 5.26 Å². The third-order valence-corrected chi connectivity index (χ3v) is 4.86. The van der Waals surface area contributed by atoms with Crippen LogP contribution in [0.4, 0.5) is 4.39 Å². The smallest absolute Gasteiger partial charge is 0.251 e. The van der Waals surface area contributed by atoms with Crippen LogP contribution in [0.3, 0.4) is 0 Å².